The number of hydrogen-bond acceptors (Lipinski definition) is 4. The summed E-state index contributed by atoms with van der Waals surface area (Å²) in [5.74, 6) is 0.284. The van der Waals surface area contributed by atoms with Gasteiger partial charge in [0.1, 0.15) is 5.76 Å². The van der Waals surface area contributed by atoms with Crippen LogP contribution in [0.15, 0.2) is 35.8 Å². The maximum absolute atomic E-state index is 9.17. The number of aliphatic hydroxyl groups excluding tert-OH is 1. The van der Waals surface area contributed by atoms with Crippen molar-refractivity contribution in [1.29, 1.82) is 0 Å². The van der Waals surface area contributed by atoms with Gasteiger partial charge in [0.25, 0.3) is 0 Å². The predicted molar refractivity (Wildman–Crippen MR) is 81.9 cm³/mol. The molecule has 1 atom stereocenters. The predicted octanol–water partition coefficient (Wildman–Crippen LogP) is 4.00. The van der Waals surface area contributed by atoms with Crippen LogP contribution in [0.25, 0.3) is 0 Å². The Morgan fingerprint density at radius 1 is 1.14 bits per heavy atom. The van der Waals surface area contributed by atoms with Crippen LogP contribution in [0.2, 0.25) is 0 Å². The molecule has 118 valence electrons. The van der Waals surface area contributed by atoms with Gasteiger partial charge in [-0.15, -0.1) is 0 Å². The minimum atomic E-state index is 0.0395. The van der Waals surface area contributed by atoms with E-state index in [0.29, 0.717) is 0 Å². The Morgan fingerprint density at radius 2 is 2.00 bits per heavy atom. The van der Waals surface area contributed by atoms with E-state index in [4.69, 9.17) is 14.2 Å². The second-order valence-corrected chi connectivity index (χ2v) is 5.47. The van der Waals surface area contributed by atoms with Crippen LogP contribution in [0.5, 0.6) is 0 Å². The summed E-state index contributed by atoms with van der Waals surface area (Å²) in [6.45, 7) is 2.36. The molecule has 1 unspecified atom stereocenters. The van der Waals surface area contributed by atoms with E-state index in [1.165, 1.54) is 12.8 Å². The van der Waals surface area contributed by atoms with Crippen LogP contribution in [-0.2, 0) is 14.2 Å². The molecule has 2 rings (SSSR count). The second-order valence-electron chi connectivity index (χ2n) is 5.47. The van der Waals surface area contributed by atoms with Crippen LogP contribution >= 0.6 is 0 Å². The molecule has 0 spiro atoms. The summed E-state index contributed by atoms with van der Waals surface area (Å²) in [6, 6.07) is 0. The zero-order valence-electron chi connectivity index (χ0n) is 12.6. The summed E-state index contributed by atoms with van der Waals surface area (Å²) in [4.78, 5) is 0. The van der Waals surface area contributed by atoms with Crippen LogP contribution in [-0.4, -0.2) is 31.2 Å². The van der Waals surface area contributed by atoms with Crippen molar-refractivity contribution in [2.45, 2.75) is 51.2 Å². The molecule has 0 aromatic rings. The van der Waals surface area contributed by atoms with Crippen molar-refractivity contribution >= 4 is 0 Å². The Labute approximate surface area is 127 Å². The van der Waals surface area contributed by atoms with Gasteiger partial charge in [-0.25, -0.2) is 0 Å². The largest absolute Gasteiger partial charge is 0.508 e. The van der Waals surface area contributed by atoms with Gasteiger partial charge < -0.3 is 19.3 Å². The zero-order chi connectivity index (χ0) is 14.8. The van der Waals surface area contributed by atoms with Gasteiger partial charge in [-0.3, -0.25) is 0 Å². The first-order valence-corrected chi connectivity index (χ1v) is 7.98. The molecule has 1 heterocycles. The third kappa shape index (κ3) is 6.82. The lowest BCUT2D eigenvalue weighted by molar-refractivity contribution is -0.162. The Kier molecular flexibility index (Phi) is 7.39. The molecule has 4 heteroatoms. The molecule has 1 N–H and O–H groups in total. The van der Waals surface area contributed by atoms with Crippen molar-refractivity contribution < 1.29 is 19.3 Å². The summed E-state index contributed by atoms with van der Waals surface area (Å²) in [6.07, 6.45) is 14.8. The fourth-order valence-electron chi connectivity index (χ4n) is 2.38. The molecule has 0 amide bonds. The summed E-state index contributed by atoms with van der Waals surface area (Å²) in [5.41, 5.74) is 0.911. The number of rotatable bonds is 9. The lowest BCUT2D eigenvalue weighted by atomic mass is 10.2. The summed E-state index contributed by atoms with van der Waals surface area (Å²) in [7, 11) is 0. The maximum Gasteiger partial charge on any atom is 0.157 e. The Hall–Kier alpha value is -1.26. The fourth-order valence-corrected chi connectivity index (χ4v) is 2.38. The molecule has 1 aliphatic carbocycles. The number of ether oxygens (including phenoxy) is 3. The van der Waals surface area contributed by atoms with E-state index in [9.17, 15) is 5.11 Å². The first-order chi connectivity index (χ1) is 10.3. The number of aliphatic hydroxyl groups is 1. The smallest absolute Gasteiger partial charge is 0.157 e. The lowest BCUT2D eigenvalue weighted by Gasteiger charge is -2.22. The highest BCUT2D eigenvalue weighted by molar-refractivity contribution is 5.41. The van der Waals surface area contributed by atoms with E-state index in [-0.39, 0.29) is 12.0 Å². The van der Waals surface area contributed by atoms with Crippen LogP contribution in [0.1, 0.15) is 44.9 Å². The van der Waals surface area contributed by atoms with E-state index >= 15 is 0 Å². The highest BCUT2D eigenvalue weighted by atomic mass is 16.7. The average molecular weight is 294 g/mol. The molecule has 0 aromatic carbocycles. The summed E-state index contributed by atoms with van der Waals surface area (Å²) in [5, 5.41) is 9.17. The Balaban J connectivity index is 1.38. The highest BCUT2D eigenvalue weighted by Gasteiger charge is 2.13. The minimum Gasteiger partial charge on any atom is -0.508 e. The van der Waals surface area contributed by atoms with Crippen molar-refractivity contribution in [2.75, 3.05) is 19.8 Å². The second kappa shape index (κ2) is 9.64. The van der Waals surface area contributed by atoms with Crippen molar-refractivity contribution in [2.24, 2.45) is 0 Å². The normalized spacial score (nSPS) is 23.5. The van der Waals surface area contributed by atoms with Gasteiger partial charge in [-0.1, -0.05) is 6.42 Å². The van der Waals surface area contributed by atoms with Gasteiger partial charge in [-0.2, -0.15) is 0 Å². The molecule has 1 fully saturated rings. The number of unbranched alkanes of at least 4 members (excludes halogenated alkanes) is 3. The molecule has 21 heavy (non-hydrogen) atoms. The fraction of sp³-hybridized carbons (Fsp3) is 0.647. The van der Waals surface area contributed by atoms with Crippen LogP contribution < -0.4 is 0 Å². The van der Waals surface area contributed by atoms with E-state index < -0.39 is 0 Å². The molecule has 1 saturated heterocycles. The number of allylic oxidation sites excluding steroid dienone is 4. The van der Waals surface area contributed by atoms with Crippen LogP contribution in [0, 0.1) is 0 Å². The molecule has 0 aromatic heterocycles. The van der Waals surface area contributed by atoms with E-state index in [1.54, 1.807) is 18.4 Å². The molecule has 4 nitrogen and oxygen atoms in total. The quantitative estimate of drug-likeness (QED) is 0.516. The SMILES string of the molecule is OC1=C/C(=C\OCCCCCCOC2CCCCO2)C=C1. The van der Waals surface area contributed by atoms with Crippen LogP contribution in [0.4, 0.5) is 0 Å². The van der Waals surface area contributed by atoms with Crippen molar-refractivity contribution in [3.8, 4) is 0 Å². The summed E-state index contributed by atoms with van der Waals surface area (Å²) >= 11 is 0. The Bertz CT molecular complexity index is 378. The maximum atomic E-state index is 9.17. The van der Waals surface area contributed by atoms with Gasteiger partial charge in [0.2, 0.25) is 0 Å². The standard InChI is InChI=1S/C17H26O4/c18-16-9-8-15(13-16)14-19-10-4-1-2-5-11-20-17-7-3-6-12-21-17/h8-9,13-14,17-18H,1-7,10-12H2/b15-14-. The van der Waals surface area contributed by atoms with Crippen LogP contribution in [0.3, 0.4) is 0 Å². The first-order valence-electron chi connectivity index (χ1n) is 7.98. The monoisotopic (exact) mass is 294 g/mol. The molecular formula is C17H26O4. The lowest BCUT2D eigenvalue weighted by Crippen LogP contribution is -2.22. The van der Waals surface area contributed by atoms with Gasteiger partial charge in [0.05, 0.1) is 12.9 Å². The van der Waals surface area contributed by atoms with Gasteiger partial charge in [-0.05, 0) is 56.8 Å². The van der Waals surface area contributed by atoms with E-state index in [2.05, 4.69) is 0 Å². The molecule has 0 radical (unpaired) electrons. The third-order valence-electron chi connectivity index (χ3n) is 3.58. The van der Waals surface area contributed by atoms with E-state index in [0.717, 1.165) is 57.5 Å². The Morgan fingerprint density at radius 3 is 2.71 bits per heavy atom. The molecule has 2 aliphatic rings. The van der Waals surface area contributed by atoms with Gasteiger partial charge >= 0.3 is 0 Å². The minimum absolute atomic E-state index is 0.0395. The van der Waals surface area contributed by atoms with Crippen molar-refractivity contribution in [3.05, 3.63) is 35.8 Å². The average Bonchev–Trinajstić information content (AvgIpc) is 2.92. The van der Waals surface area contributed by atoms with E-state index in [1.807, 2.05) is 6.08 Å². The topological polar surface area (TPSA) is 47.9 Å². The third-order valence-corrected chi connectivity index (χ3v) is 3.58. The zero-order valence-corrected chi connectivity index (χ0v) is 12.6. The number of hydrogen-bond donors (Lipinski definition) is 1. The summed E-state index contributed by atoms with van der Waals surface area (Å²) < 4.78 is 16.7. The molecule has 0 saturated carbocycles. The van der Waals surface area contributed by atoms with Crippen molar-refractivity contribution in [3.63, 3.8) is 0 Å². The highest BCUT2D eigenvalue weighted by Crippen LogP contribution is 2.14. The van der Waals surface area contributed by atoms with Crippen molar-refractivity contribution in [1.82, 2.24) is 0 Å². The first kappa shape index (κ1) is 16.1. The van der Waals surface area contributed by atoms with Gasteiger partial charge in [0, 0.05) is 18.8 Å². The molecular weight excluding hydrogens is 268 g/mol. The molecule has 1 aliphatic heterocycles. The van der Waals surface area contributed by atoms with Gasteiger partial charge in [0.15, 0.2) is 6.29 Å². The molecule has 0 bridgehead atoms.